The third kappa shape index (κ3) is 4.30. The van der Waals surface area contributed by atoms with Gasteiger partial charge in [0.25, 0.3) is 0 Å². The molecule has 6 heteroatoms. The van der Waals surface area contributed by atoms with Crippen LogP contribution in [0.5, 0.6) is 5.75 Å². The van der Waals surface area contributed by atoms with Gasteiger partial charge in [-0.2, -0.15) is 5.10 Å². The minimum atomic E-state index is -1.32. The van der Waals surface area contributed by atoms with E-state index in [1.807, 2.05) is 49.2 Å². The van der Waals surface area contributed by atoms with Crippen LogP contribution in [-0.4, -0.2) is 37.6 Å². The third-order valence-electron chi connectivity index (χ3n) is 3.37. The van der Waals surface area contributed by atoms with E-state index in [0.29, 0.717) is 0 Å². The van der Waals surface area contributed by atoms with Crippen LogP contribution in [0.15, 0.2) is 29.4 Å². The molecule has 0 saturated carbocycles. The molecule has 0 fully saturated rings. The Kier molecular flexibility index (Phi) is 6.66. The predicted octanol–water partition coefficient (Wildman–Crippen LogP) is 3.32. The molecule has 0 radical (unpaired) electrons. The van der Waals surface area contributed by atoms with Crippen LogP contribution in [0.1, 0.15) is 25.8 Å². The number of nitrogens with zero attached hydrogens (tertiary/aromatic N) is 2. The Bertz CT molecular complexity index is 473. The first-order valence-electron chi connectivity index (χ1n) is 6.48. The van der Waals surface area contributed by atoms with Crippen LogP contribution in [0, 0.1) is 0 Å². The summed E-state index contributed by atoms with van der Waals surface area (Å²) in [5, 5.41) is 4.15. The topological polar surface area (TPSA) is 34.1 Å². The van der Waals surface area contributed by atoms with Gasteiger partial charge in [-0.15, -0.1) is 0 Å². The van der Waals surface area contributed by atoms with Gasteiger partial charge in [0.1, 0.15) is 11.1 Å². The number of hydrazone groups is 1. The lowest BCUT2D eigenvalue weighted by Crippen LogP contribution is -2.25. The van der Waals surface area contributed by atoms with Crippen molar-refractivity contribution in [2.24, 2.45) is 5.10 Å². The largest absolute Gasteiger partial charge is 0.497 e. The van der Waals surface area contributed by atoms with Crippen molar-refractivity contribution in [1.29, 1.82) is 0 Å². The molecule has 1 aromatic carbocycles. The molecule has 0 amide bonds. The number of ether oxygens (including phenoxy) is 2. The molecule has 0 aliphatic rings. The van der Waals surface area contributed by atoms with Gasteiger partial charge in [0.05, 0.1) is 20.2 Å². The van der Waals surface area contributed by atoms with Crippen LogP contribution in [0.4, 0.5) is 0 Å². The zero-order valence-corrected chi connectivity index (χ0v) is 14.5. The molecule has 0 N–H and O–H groups in total. The van der Waals surface area contributed by atoms with Crippen LogP contribution in [-0.2, 0) is 16.5 Å². The minimum Gasteiger partial charge on any atom is -0.497 e. The zero-order chi connectivity index (χ0) is 15.2. The first-order chi connectivity index (χ1) is 9.46. The van der Waals surface area contributed by atoms with E-state index in [1.165, 1.54) is 0 Å². The molecule has 20 heavy (non-hydrogen) atoms. The molecular formula is C14H23N2O2PS. The van der Waals surface area contributed by atoms with E-state index < -0.39 is 6.85 Å². The Hall–Kier alpha value is -0.900. The Balaban J connectivity index is 2.75. The Morgan fingerprint density at radius 2 is 1.95 bits per heavy atom. The van der Waals surface area contributed by atoms with Gasteiger partial charge < -0.3 is 9.47 Å². The number of benzene rings is 1. The van der Waals surface area contributed by atoms with E-state index >= 15 is 0 Å². The van der Waals surface area contributed by atoms with Crippen molar-refractivity contribution >= 4 is 24.9 Å². The van der Waals surface area contributed by atoms with Gasteiger partial charge in [-0.25, -0.2) is 0 Å². The van der Waals surface area contributed by atoms with Gasteiger partial charge >= 0.3 is 0 Å². The molecule has 0 aliphatic carbocycles. The van der Waals surface area contributed by atoms with Gasteiger partial charge in [-0.05, 0) is 43.2 Å². The summed E-state index contributed by atoms with van der Waals surface area (Å²) in [6, 6.07) is 7.74. The van der Waals surface area contributed by atoms with Crippen LogP contribution >= 0.6 is 6.85 Å². The van der Waals surface area contributed by atoms with Crippen molar-refractivity contribution in [3.63, 3.8) is 0 Å². The lowest BCUT2D eigenvalue weighted by Gasteiger charge is -2.32. The second-order valence-electron chi connectivity index (χ2n) is 4.64. The highest BCUT2D eigenvalue weighted by atomic mass is 32.4. The van der Waals surface area contributed by atoms with Crippen LogP contribution in [0.2, 0.25) is 0 Å². The molecule has 0 bridgehead atoms. The van der Waals surface area contributed by atoms with E-state index in [0.717, 1.165) is 17.7 Å². The smallest absolute Gasteiger partial charge is 0.118 e. The molecule has 0 spiro atoms. The second-order valence-corrected chi connectivity index (χ2v) is 8.11. The van der Waals surface area contributed by atoms with E-state index in [-0.39, 0.29) is 5.34 Å². The molecule has 0 saturated heterocycles. The average molecular weight is 314 g/mol. The van der Waals surface area contributed by atoms with Crippen LogP contribution in [0.3, 0.4) is 0 Å². The van der Waals surface area contributed by atoms with Crippen molar-refractivity contribution in [1.82, 2.24) is 4.78 Å². The normalized spacial score (nSPS) is 15.8. The number of hydrogen-bond acceptors (Lipinski definition) is 4. The summed E-state index contributed by atoms with van der Waals surface area (Å²) >= 11 is 5.62. The van der Waals surface area contributed by atoms with E-state index in [9.17, 15) is 0 Å². The Labute approximate surface area is 127 Å². The third-order valence-corrected chi connectivity index (χ3v) is 7.62. The summed E-state index contributed by atoms with van der Waals surface area (Å²) in [7, 11) is 5.27. The molecule has 0 aliphatic heterocycles. The second kappa shape index (κ2) is 7.77. The number of methoxy groups -OCH3 is 2. The van der Waals surface area contributed by atoms with Crippen molar-refractivity contribution in [3.8, 4) is 5.75 Å². The summed E-state index contributed by atoms with van der Waals surface area (Å²) < 4.78 is 12.5. The highest BCUT2D eigenvalue weighted by Crippen LogP contribution is 2.44. The van der Waals surface area contributed by atoms with E-state index in [4.69, 9.17) is 21.3 Å². The summed E-state index contributed by atoms with van der Waals surface area (Å²) in [5.41, 5.74) is 1.01. The standard InChI is InChI=1S/C14H23N2O2PS/c1-6-14(2,18-5)19(20)16(3)15-11-12-7-9-13(17-4)10-8-12/h7-11,19H,6H2,1-5H3/b15-11+. The fraction of sp³-hybridized carbons (Fsp3) is 0.500. The average Bonchev–Trinajstić information content (AvgIpc) is 2.51. The molecule has 1 rings (SSSR count). The Morgan fingerprint density at radius 1 is 1.35 bits per heavy atom. The molecule has 2 unspecified atom stereocenters. The fourth-order valence-corrected chi connectivity index (χ4v) is 3.77. The maximum Gasteiger partial charge on any atom is 0.118 e. The molecular weight excluding hydrogens is 291 g/mol. The first-order valence-corrected chi connectivity index (χ1v) is 9.06. The lowest BCUT2D eigenvalue weighted by molar-refractivity contribution is 0.0764. The summed E-state index contributed by atoms with van der Waals surface area (Å²) in [5.74, 6) is 0.835. The van der Waals surface area contributed by atoms with E-state index in [1.54, 1.807) is 14.2 Å². The molecule has 0 heterocycles. The molecule has 1 aromatic rings. The molecule has 112 valence electrons. The van der Waals surface area contributed by atoms with Gasteiger partial charge in [0, 0.05) is 14.2 Å². The highest BCUT2D eigenvalue weighted by molar-refractivity contribution is 8.04. The SMILES string of the molecule is CCC(C)(OC)[PH](=S)N(C)/N=C/c1ccc(OC)cc1. The van der Waals surface area contributed by atoms with Gasteiger partial charge in [-0.1, -0.05) is 18.7 Å². The first kappa shape index (κ1) is 17.2. The lowest BCUT2D eigenvalue weighted by atomic mass is 10.2. The van der Waals surface area contributed by atoms with Crippen molar-refractivity contribution in [2.45, 2.75) is 25.6 Å². The quantitative estimate of drug-likeness (QED) is 0.439. The molecule has 0 aromatic heterocycles. The van der Waals surface area contributed by atoms with Crippen LogP contribution < -0.4 is 4.74 Å². The maximum atomic E-state index is 5.62. The van der Waals surface area contributed by atoms with E-state index in [2.05, 4.69) is 12.0 Å². The van der Waals surface area contributed by atoms with Gasteiger partial charge in [-0.3, -0.25) is 4.78 Å². The van der Waals surface area contributed by atoms with Crippen molar-refractivity contribution in [3.05, 3.63) is 29.8 Å². The van der Waals surface area contributed by atoms with Crippen molar-refractivity contribution in [2.75, 3.05) is 21.3 Å². The molecule has 2 atom stereocenters. The fourth-order valence-electron chi connectivity index (χ4n) is 1.62. The monoisotopic (exact) mass is 314 g/mol. The summed E-state index contributed by atoms with van der Waals surface area (Å²) in [4.78, 5) is 0. The van der Waals surface area contributed by atoms with Gasteiger partial charge in [0.2, 0.25) is 0 Å². The van der Waals surface area contributed by atoms with Crippen LogP contribution in [0.25, 0.3) is 0 Å². The summed E-state index contributed by atoms with van der Waals surface area (Å²) in [6.07, 6.45) is 2.69. The van der Waals surface area contributed by atoms with Crippen molar-refractivity contribution < 1.29 is 9.47 Å². The molecule has 4 nitrogen and oxygen atoms in total. The minimum absolute atomic E-state index is 0.286. The Morgan fingerprint density at radius 3 is 2.40 bits per heavy atom. The van der Waals surface area contributed by atoms with Gasteiger partial charge in [0.15, 0.2) is 0 Å². The number of hydrogen-bond donors (Lipinski definition) is 0. The predicted molar refractivity (Wildman–Crippen MR) is 89.7 cm³/mol. The summed E-state index contributed by atoms with van der Waals surface area (Å²) in [6.45, 7) is 2.82. The highest BCUT2D eigenvalue weighted by Gasteiger charge is 2.27. The zero-order valence-electron chi connectivity index (χ0n) is 12.7. The number of rotatable bonds is 7. The maximum absolute atomic E-state index is 5.62.